The first-order valence-corrected chi connectivity index (χ1v) is 12.9. The summed E-state index contributed by atoms with van der Waals surface area (Å²) in [5.41, 5.74) is -2.48. The molecule has 0 aromatic carbocycles. The van der Waals surface area contributed by atoms with E-state index in [2.05, 4.69) is 6.58 Å². The van der Waals surface area contributed by atoms with Crippen LogP contribution >= 0.6 is 0 Å². The van der Waals surface area contributed by atoms with Crippen LogP contribution < -0.4 is 0 Å². The van der Waals surface area contributed by atoms with E-state index in [-0.39, 0.29) is 19.3 Å². The monoisotopic (exact) mass is 536 g/mol. The van der Waals surface area contributed by atoms with Crippen molar-refractivity contribution in [3.63, 3.8) is 0 Å². The Morgan fingerprint density at radius 3 is 1.89 bits per heavy atom. The molecule has 10 heteroatoms. The number of ether oxygens (including phenoxy) is 4. The van der Waals surface area contributed by atoms with E-state index in [0.29, 0.717) is 16.7 Å². The van der Waals surface area contributed by atoms with Crippen LogP contribution in [0.4, 0.5) is 0 Å². The number of carbonyl (C=O) groups is 4. The Morgan fingerprint density at radius 2 is 1.39 bits per heavy atom. The molecule has 0 aromatic heterocycles. The van der Waals surface area contributed by atoms with E-state index in [0.717, 1.165) is 0 Å². The largest absolute Gasteiger partial charge is 0.462 e. The summed E-state index contributed by atoms with van der Waals surface area (Å²) in [5, 5.41) is 23.3. The highest BCUT2D eigenvalue weighted by molar-refractivity contribution is 5.69. The first kappa shape index (κ1) is 29.8. The minimum absolute atomic E-state index is 0.0171. The quantitative estimate of drug-likeness (QED) is 0.312. The van der Waals surface area contributed by atoms with Crippen LogP contribution in [0.25, 0.3) is 0 Å². The lowest BCUT2D eigenvalue weighted by molar-refractivity contribution is -0.223. The number of hydrogen-bond donors (Lipinski definition) is 2. The summed E-state index contributed by atoms with van der Waals surface area (Å²) >= 11 is 0. The first-order valence-electron chi connectivity index (χ1n) is 12.9. The van der Waals surface area contributed by atoms with Crippen molar-refractivity contribution in [2.45, 2.75) is 111 Å². The molecule has 2 fully saturated rings. The molecule has 0 aliphatic heterocycles. The minimum Gasteiger partial charge on any atom is -0.462 e. The maximum absolute atomic E-state index is 12.5. The number of esters is 4. The Hall–Kier alpha value is -2.72. The Balaban J connectivity index is 2.44. The summed E-state index contributed by atoms with van der Waals surface area (Å²) in [6.45, 7) is 16.1. The molecule has 0 amide bonds. The molecule has 0 radical (unpaired) electrons. The van der Waals surface area contributed by atoms with Crippen molar-refractivity contribution in [3.05, 3.63) is 23.3 Å². The number of rotatable bonds is 4. The second-order valence-electron chi connectivity index (χ2n) is 11.7. The van der Waals surface area contributed by atoms with Crippen LogP contribution in [-0.2, 0) is 38.1 Å². The predicted octanol–water partition coefficient (Wildman–Crippen LogP) is 2.54. The first-order chi connectivity index (χ1) is 17.4. The third-order valence-electron chi connectivity index (χ3n) is 8.94. The number of aliphatic hydroxyl groups is 2. The van der Waals surface area contributed by atoms with Crippen molar-refractivity contribution in [2.24, 2.45) is 16.7 Å². The lowest BCUT2D eigenvalue weighted by Gasteiger charge is -2.61. The van der Waals surface area contributed by atoms with E-state index in [1.165, 1.54) is 27.7 Å². The van der Waals surface area contributed by atoms with Gasteiger partial charge in [0.1, 0.15) is 12.2 Å². The van der Waals surface area contributed by atoms with Gasteiger partial charge in [-0.2, -0.15) is 0 Å². The molecule has 2 bridgehead atoms. The van der Waals surface area contributed by atoms with Gasteiger partial charge >= 0.3 is 23.9 Å². The van der Waals surface area contributed by atoms with E-state index in [9.17, 15) is 29.4 Å². The molecule has 2 saturated carbocycles. The summed E-state index contributed by atoms with van der Waals surface area (Å²) in [6.07, 6.45) is -5.28. The molecule has 0 spiro atoms. The zero-order valence-electron chi connectivity index (χ0n) is 23.5. The normalized spacial score (nSPS) is 38.2. The van der Waals surface area contributed by atoms with Gasteiger partial charge in [-0.1, -0.05) is 27.4 Å². The van der Waals surface area contributed by atoms with Crippen molar-refractivity contribution >= 4 is 23.9 Å². The average Bonchev–Trinajstić information content (AvgIpc) is 2.75. The van der Waals surface area contributed by atoms with E-state index in [4.69, 9.17) is 18.9 Å². The van der Waals surface area contributed by atoms with Crippen LogP contribution in [-0.4, -0.2) is 70.2 Å². The van der Waals surface area contributed by atoms with Gasteiger partial charge in [-0.25, -0.2) is 0 Å². The van der Waals surface area contributed by atoms with Crippen LogP contribution in [0.2, 0.25) is 0 Å². The maximum atomic E-state index is 12.5. The third-order valence-corrected chi connectivity index (χ3v) is 8.94. The Kier molecular flexibility index (Phi) is 7.94. The van der Waals surface area contributed by atoms with Gasteiger partial charge in [-0.15, -0.1) is 0 Å². The summed E-state index contributed by atoms with van der Waals surface area (Å²) in [7, 11) is 0. The smallest absolute Gasteiger partial charge is 0.303 e. The summed E-state index contributed by atoms with van der Waals surface area (Å²) in [5.74, 6) is -3.23. The minimum atomic E-state index is -1.55. The Labute approximate surface area is 223 Å². The number of aliphatic hydroxyl groups excluding tert-OH is 1. The second-order valence-corrected chi connectivity index (χ2v) is 11.7. The summed E-state index contributed by atoms with van der Waals surface area (Å²) in [6, 6.07) is 0. The fraction of sp³-hybridized carbons (Fsp3) is 0.714. The van der Waals surface area contributed by atoms with Gasteiger partial charge in [0.05, 0.1) is 17.1 Å². The molecule has 8 atom stereocenters. The standard InChI is InChI=1S/C28H40O10/c1-13-19-11-28(34)12-21(35-15(3)29)14(2)23(26(28,7)8)24(37-17(5)31)25(38-18(6)32)27(19,9)22(10-20(13)33)36-16(4)30/h19-22,24-25,33-34H,1,10-12H2,2-9H3/t19-,20+,21+,22+,24-,25+,27+,28+/m1/s1. The highest BCUT2D eigenvalue weighted by atomic mass is 16.6. The van der Waals surface area contributed by atoms with E-state index in [1.807, 2.05) is 0 Å². The number of carbonyl (C=O) groups excluding carboxylic acids is 4. The molecular weight excluding hydrogens is 496 g/mol. The molecule has 38 heavy (non-hydrogen) atoms. The Morgan fingerprint density at radius 1 is 0.868 bits per heavy atom. The van der Waals surface area contributed by atoms with Crippen molar-refractivity contribution in [3.8, 4) is 0 Å². The molecule has 3 aliphatic rings. The summed E-state index contributed by atoms with van der Waals surface area (Å²) < 4.78 is 23.2. The fourth-order valence-corrected chi connectivity index (χ4v) is 6.94. The van der Waals surface area contributed by atoms with E-state index >= 15 is 0 Å². The molecular formula is C28H40O10. The lowest BCUT2D eigenvalue weighted by atomic mass is 9.48. The number of fused-ring (bicyclic) bond motifs is 3. The molecule has 10 nitrogen and oxygen atoms in total. The maximum Gasteiger partial charge on any atom is 0.303 e. The predicted molar refractivity (Wildman–Crippen MR) is 134 cm³/mol. The van der Waals surface area contributed by atoms with Crippen LogP contribution in [0.15, 0.2) is 23.3 Å². The second kappa shape index (κ2) is 10.1. The molecule has 3 rings (SSSR count). The highest BCUT2D eigenvalue weighted by Gasteiger charge is 2.67. The van der Waals surface area contributed by atoms with Gasteiger partial charge in [-0.3, -0.25) is 19.2 Å². The van der Waals surface area contributed by atoms with Crippen molar-refractivity contribution in [1.82, 2.24) is 0 Å². The Bertz CT molecular complexity index is 1070. The van der Waals surface area contributed by atoms with Gasteiger partial charge in [0, 0.05) is 46.0 Å². The average molecular weight is 537 g/mol. The van der Waals surface area contributed by atoms with Gasteiger partial charge < -0.3 is 29.2 Å². The van der Waals surface area contributed by atoms with Gasteiger partial charge in [0.2, 0.25) is 0 Å². The fourth-order valence-electron chi connectivity index (χ4n) is 6.94. The summed E-state index contributed by atoms with van der Waals surface area (Å²) in [4.78, 5) is 49.3. The van der Waals surface area contributed by atoms with Crippen molar-refractivity contribution < 1.29 is 48.3 Å². The van der Waals surface area contributed by atoms with E-state index in [1.54, 1.807) is 27.7 Å². The van der Waals surface area contributed by atoms with Crippen LogP contribution in [0.3, 0.4) is 0 Å². The SMILES string of the molecule is C=C1[C@H]2C[C@]3(O)C[C@H](OC(C)=O)C(C)=C([C@@H](OC(C)=O)[C@H](OC(C)=O)[C@]2(C)[C@@H](OC(C)=O)C[C@@H]1O)C3(C)C. The van der Waals surface area contributed by atoms with E-state index < -0.39 is 76.7 Å². The zero-order chi connectivity index (χ0) is 29.0. The molecule has 0 unspecified atom stereocenters. The van der Waals surface area contributed by atoms with Crippen molar-refractivity contribution in [2.75, 3.05) is 0 Å². The van der Waals surface area contributed by atoms with Crippen molar-refractivity contribution in [1.29, 1.82) is 0 Å². The number of hydrogen-bond acceptors (Lipinski definition) is 10. The van der Waals surface area contributed by atoms with Crippen LogP contribution in [0, 0.1) is 16.7 Å². The zero-order valence-corrected chi connectivity index (χ0v) is 23.5. The van der Waals surface area contributed by atoms with Crippen LogP contribution in [0.5, 0.6) is 0 Å². The molecule has 0 saturated heterocycles. The molecule has 0 heterocycles. The van der Waals surface area contributed by atoms with Gasteiger partial charge in [0.25, 0.3) is 0 Å². The topological polar surface area (TPSA) is 146 Å². The lowest BCUT2D eigenvalue weighted by Crippen LogP contribution is -2.68. The molecule has 0 aromatic rings. The highest BCUT2D eigenvalue weighted by Crippen LogP contribution is 2.62. The van der Waals surface area contributed by atoms with Gasteiger partial charge in [0.15, 0.2) is 12.2 Å². The molecule has 2 N–H and O–H groups in total. The third kappa shape index (κ3) is 4.88. The molecule has 212 valence electrons. The van der Waals surface area contributed by atoms with Crippen LogP contribution in [0.1, 0.15) is 74.7 Å². The molecule has 3 aliphatic carbocycles. The van der Waals surface area contributed by atoms with Gasteiger partial charge in [-0.05, 0) is 36.0 Å².